The van der Waals surface area contributed by atoms with Crippen LogP contribution in [-0.2, 0) is 20.2 Å². The molecule has 0 unspecified atom stereocenters. The lowest BCUT2D eigenvalue weighted by atomic mass is 10.1. The number of anilines is 2. The van der Waals surface area contributed by atoms with Gasteiger partial charge in [-0.2, -0.15) is 27.1 Å². The summed E-state index contributed by atoms with van der Waals surface area (Å²) in [7, 11) is -9.55. The maximum atomic E-state index is 12.1. The molecule has 0 fully saturated rings. The molecule has 0 atom stereocenters. The molecule has 8 N–H and O–H groups in total. The van der Waals surface area contributed by atoms with E-state index in [9.17, 15) is 36.2 Å². The monoisotopic (exact) mass is 684 g/mol. The van der Waals surface area contributed by atoms with E-state index >= 15 is 0 Å². The minimum atomic E-state index is -4.78. The molecule has 0 aliphatic rings. The zero-order valence-electron chi connectivity index (χ0n) is 24.4. The van der Waals surface area contributed by atoms with Crippen LogP contribution in [0.15, 0.2) is 127 Å². The lowest BCUT2D eigenvalue weighted by molar-refractivity contribution is 0.471. The van der Waals surface area contributed by atoms with Gasteiger partial charge in [-0.1, -0.05) is 24.3 Å². The van der Waals surface area contributed by atoms with Crippen molar-refractivity contribution in [3.05, 3.63) is 97.1 Å². The number of rotatable bonds is 7. The van der Waals surface area contributed by atoms with Crippen LogP contribution in [0.5, 0.6) is 11.5 Å². The predicted octanol–water partition coefficient (Wildman–Crippen LogP) is 7.56. The molecule has 6 rings (SSSR count). The molecule has 0 spiro atoms. The molecule has 0 saturated carbocycles. The third-order valence-electron chi connectivity index (χ3n) is 7.30. The van der Waals surface area contributed by atoms with E-state index in [1.807, 2.05) is 0 Å². The van der Waals surface area contributed by atoms with Crippen LogP contribution in [0, 0.1) is 0 Å². The Balaban J connectivity index is 1.25. The highest BCUT2D eigenvalue weighted by Gasteiger charge is 2.23. The van der Waals surface area contributed by atoms with Gasteiger partial charge in [-0.25, -0.2) is 0 Å². The zero-order valence-corrected chi connectivity index (χ0v) is 26.1. The van der Waals surface area contributed by atoms with E-state index in [4.69, 9.17) is 11.5 Å². The largest absolute Gasteiger partial charge is 0.505 e. The summed E-state index contributed by atoms with van der Waals surface area (Å²) in [5.41, 5.74) is 13.5. The lowest BCUT2D eigenvalue weighted by Gasteiger charge is -2.09. The normalized spacial score (nSPS) is 12.5. The molecule has 0 aliphatic heterocycles. The van der Waals surface area contributed by atoms with Crippen molar-refractivity contribution in [2.24, 2.45) is 20.5 Å². The number of fused-ring (bicyclic) bond motifs is 2. The van der Waals surface area contributed by atoms with Crippen molar-refractivity contribution < 1.29 is 36.2 Å². The summed E-state index contributed by atoms with van der Waals surface area (Å²) in [6.45, 7) is 0. The molecule has 0 amide bonds. The van der Waals surface area contributed by atoms with E-state index in [0.29, 0.717) is 22.7 Å². The topological polar surface area (TPSA) is 251 Å². The van der Waals surface area contributed by atoms with Crippen molar-refractivity contribution in [3.63, 3.8) is 0 Å². The fourth-order valence-electron chi connectivity index (χ4n) is 4.98. The molecular formula is C32H24N6O8S2. The van der Waals surface area contributed by atoms with Crippen LogP contribution in [0.1, 0.15) is 0 Å². The highest BCUT2D eigenvalue weighted by molar-refractivity contribution is 7.86. The second-order valence-electron chi connectivity index (χ2n) is 10.5. The zero-order chi connectivity index (χ0) is 34.4. The van der Waals surface area contributed by atoms with Crippen molar-refractivity contribution in [3.8, 4) is 22.6 Å². The first kappa shape index (κ1) is 32.0. The van der Waals surface area contributed by atoms with E-state index in [1.165, 1.54) is 36.4 Å². The Labute approximate surface area is 272 Å². The summed E-state index contributed by atoms with van der Waals surface area (Å²) < 4.78 is 67.8. The summed E-state index contributed by atoms with van der Waals surface area (Å²) >= 11 is 0. The lowest BCUT2D eigenvalue weighted by Crippen LogP contribution is -1.99. The molecule has 6 aromatic carbocycles. The Hall–Kier alpha value is -5.94. The second-order valence-corrected chi connectivity index (χ2v) is 13.3. The van der Waals surface area contributed by atoms with Crippen molar-refractivity contribution in [1.29, 1.82) is 0 Å². The summed E-state index contributed by atoms with van der Waals surface area (Å²) in [6.07, 6.45) is 0. The number of hydrogen-bond acceptors (Lipinski definition) is 12. The third-order valence-corrected chi connectivity index (χ3v) is 9.04. The van der Waals surface area contributed by atoms with E-state index < -0.39 is 52.9 Å². The quantitative estimate of drug-likeness (QED) is 0.0546. The first-order chi connectivity index (χ1) is 22.7. The summed E-state index contributed by atoms with van der Waals surface area (Å²) in [5, 5.41) is 38.6. The maximum Gasteiger partial charge on any atom is 0.296 e. The molecule has 0 aromatic heterocycles. The minimum absolute atomic E-state index is 0.266. The number of nitrogens with zero attached hydrogens (tertiary/aromatic N) is 4. The summed E-state index contributed by atoms with van der Waals surface area (Å²) in [5.74, 6) is -0.985. The predicted molar refractivity (Wildman–Crippen MR) is 180 cm³/mol. The van der Waals surface area contributed by atoms with Crippen LogP contribution >= 0.6 is 0 Å². The van der Waals surface area contributed by atoms with Gasteiger partial charge >= 0.3 is 0 Å². The van der Waals surface area contributed by atoms with E-state index in [1.54, 1.807) is 48.5 Å². The van der Waals surface area contributed by atoms with Gasteiger partial charge in [-0.3, -0.25) is 9.11 Å². The van der Waals surface area contributed by atoms with Crippen LogP contribution in [-0.4, -0.2) is 36.2 Å². The van der Waals surface area contributed by atoms with Gasteiger partial charge < -0.3 is 21.7 Å². The Morgan fingerprint density at radius 1 is 0.479 bits per heavy atom. The number of azo groups is 2. The summed E-state index contributed by atoms with van der Waals surface area (Å²) in [4.78, 5) is -1.27. The molecule has 242 valence electrons. The fraction of sp³-hybridized carbons (Fsp3) is 0. The first-order valence-electron chi connectivity index (χ1n) is 13.8. The van der Waals surface area contributed by atoms with Crippen molar-refractivity contribution >= 4 is 75.9 Å². The molecule has 48 heavy (non-hydrogen) atoms. The van der Waals surface area contributed by atoms with Crippen LogP contribution in [0.4, 0.5) is 34.1 Å². The Morgan fingerprint density at radius 2 is 0.833 bits per heavy atom. The van der Waals surface area contributed by atoms with Gasteiger partial charge in [-0.05, 0) is 94.7 Å². The molecule has 0 aliphatic carbocycles. The molecule has 14 nitrogen and oxygen atoms in total. The van der Waals surface area contributed by atoms with Crippen molar-refractivity contribution in [2.75, 3.05) is 11.5 Å². The number of phenolic OH excluding ortho intramolecular Hbond substituents is 2. The first-order valence-corrected chi connectivity index (χ1v) is 16.7. The van der Waals surface area contributed by atoms with E-state index in [0.717, 1.165) is 23.3 Å². The third kappa shape index (κ3) is 6.36. The molecule has 0 radical (unpaired) electrons. The standard InChI is InChI=1S/C32H24N6O8S2/c33-21-5-11-25-19(13-21)15-27(47(41,42)43)29(31(25)39)37-35-23-7-1-17(2-8-23)18-3-9-24(10-4-18)36-38-30-28(48(44,45)46)16-20-14-22(34)6-12-26(20)32(30)40/h1-16,39-40H,33-34H2,(H,41,42,43)(H,44,45,46). The fourth-order valence-corrected chi connectivity index (χ4v) is 6.30. The highest BCUT2D eigenvalue weighted by atomic mass is 32.2. The molecular weight excluding hydrogens is 661 g/mol. The number of nitrogen functional groups attached to an aromatic ring is 2. The number of phenols is 2. The van der Waals surface area contributed by atoms with Gasteiger partial charge in [0, 0.05) is 22.1 Å². The highest BCUT2D eigenvalue weighted by Crippen LogP contribution is 2.43. The maximum absolute atomic E-state index is 12.1. The van der Waals surface area contributed by atoms with Crippen LogP contribution in [0.25, 0.3) is 32.7 Å². The van der Waals surface area contributed by atoms with E-state index in [-0.39, 0.29) is 21.5 Å². The Bertz CT molecular complexity index is 2360. The van der Waals surface area contributed by atoms with Crippen molar-refractivity contribution in [2.45, 2.75) is 9.79 Å². The van der Waals surface area contributed by atoms with Crippen molar-refractivity contribution in [1.82, 2.24) is 0 Å². The average Bonchev–Trinajstić information content (AvgIpc) is 3.03. The SMILES string of the molecule is Nc1ccc2c(O)c(N=Nc3ccc(-c4ccc(N=Nc5c(S(=O)(=O)O)cc6cc(N)ccc6c5O)cc4)cc3)c(S(=O)(=O)O)cc2c1. The number of hydrogen-bond donors (Lipinski definition) is 6. The molecule has 0 saturated heterocycles. The molecule has 6 aromatic rings. The van der Waals surface area contributed by atoms with E-state index in [2.05, 4.69) is 20.5 Å². The number of benzene rings is 6. The average molecular weight is 685 g/mol. The minimum Gasteiger partial charge on any atom is -0.505 e. The van der Waals surface area contributed by atoms with Gasteiger partial charge in [0.15, 0.2) is 11.5 Å². The van der Waals surface area contributed by atoms with Crippen LogP contribution < -0.4 is 11.5 Å². The molecule has 16 heteroatoms. The molecule has 0 bridgehead atoms. The van der Waals surface area contributed by atoms with Gasteiger partial charge in [0.1, 0.15) is 21.2 Å². The van der Waals surface area contributed by atoms with Gasteiger partial charge in [0.2, 0.25) is 0 Å². The Morgan fingerprint density at radius 3 is 1.17 bits per heavy atom. The smallest absolute Gasteiger partial charge is 0.296 e. The molecule has 0 heterocycles. The Kier molecular flexibility index (Phi) is 8.01. The summed E-state index contributed by atoms with van der Waals surface area (Å²) in [6, 6.07) is 24.5. The number of nitrogens with two attached hydrogens (primary N) is 2. The number of aromatic hydroxyl groups is 2. The van der Waals surface area contributed by atoms with Crippen LogP contribution in [0.2, 0.25) is 0 Å². The van der Waals surface area contributed by atoms with Gasteiger partial charge in [0.05, 0.1) is 11.4 Å². The van der Waals surface area contributed by atoms with Gasteiger partial charge in [-0.15, -0.1) is 10.2 Å². The second kappa shape index (κ2) is 12.0. The van der Waals surface area contributed by atoms with Gasteiger partial charge in [0.25, 0.3) is 20.2 Å². The van der Waals surface area contributed by atoms with Crippen LogP contribution in [0.3, 0.4) is 0 Å².